The van der Waals surface area contributed by atoms with Crippen LogP contribution in [0.4, 0.5) is 0 Å². The normalized spacial score (nSPS) is 10.8. The lowest BCUT2D eigenvalue weighted by atomic mass is 10.0. The minimum Gasteiger partial charge on any atom is -1.00 e. The molecule has 180 valence electrons. The van der Waals surface area contributed by atoms with Crippen molar-refractivity contribution in [1.29, 1.82) is 0 Å². The average molecular weight is 491 g/mol. The molecule has 0 heterocycles. The van der Waals surface area contributed by atoms with Gasteiger partial charge < -0.3 is 27.0 Å². The second-order valence-corrected chi connectivity index (χ2v) is 9.27. The van der Waals surface area contributed by atoms with Crippen LogP contribution in [0.5, 0.6) is 0 Å². The summed E-state index contributed by atoms with van der Waals surface area (Å²) < 4.78 is 5.07. The lowest BCUT2D eigenvalue weighted by molar-refractivity contribution is -0.656. The maximum Gasteiger partial charge on any atom is 0.333 e. The topological polar surface area (TPSA) is 42.9 Å². The molecule has 0 aromatic heterocycles. The smallest absolute Gasteiger partial charge is 0.333 e. The van der Waals surface area contributed by atoms with E-state index in [2.05, 4.69) is 25.7 Å². The highest BCUT2D eigenvalue weighted by Crippen LogP contribution is 2.14. The predicted octanol–water partition coefficient (Wildman–Crippen LogP) is 3.57. The van der Waals surface area contributed by atoms with Crippen molar-refractivity contribution in [3.8, 4) is 0 Å². The Morgan fingerprint density at radius 2 is 1.13 bits per heavy atom. The summed E-state index contributed by atoms with van der Waals surface area (Å²) in [6, 6.07) is 0. The summed E-state index contributed by atoms with van der Waals surface area (Å²) in [6.07, 6.45) is 22.6. The van der Waals surface area contributed by atoms with Crippen LogP contribution in [0.3, 0.4) is 0 Å². The summed E-state index contributed by atoms with van der Waals surface area (Å²) in [7, 11) is 0. The number of esters is 1. The van der Waals surface area contributed by atoms with Crippen LogP contribution in [-0.2, 0) is 9.53 Å². The number of rotatable bonds is 22. The molecule has 30 heavy (non-hydrogen) atoms. The van der Waals surface area contributed by atoms with Gasteiger partial charge in [-0.25, -0.2) is 4.79 Å². The zero-order chi connectivity index (χ0) is 21.6. The summed E-state index contributed by atoms with van der Waals surface area (Å²) in [5.41, 5.74) is 0.480. The molecule has 0 unspecified atom stereocenters. The van der Waals surface area contributed by atoms with Crippen molar-refractivity contribution in [2.45, 2.75) is 124 Å². The van der Waals surface area contributed by atoms with Gasteiger partial charge in [0.1, 0.15) is 13.2 Å². The fraction of sp³-hybridized carbons (Fsp3) is 0.885. The molecule has 0 aliphatic heterocycles. The van der Waals surface area contributed by atoms with Gasteiger partial charge in [0, 0.05) is 5.57 Å². The largest absolute Gasteiger partial charge is 1.00 e. The highest BCUT2D eigenvalue weighted by Gasteiger charge is 2.02. The predicted molar refractivity (Wildman–Crippen MR) is 126 cm³/mol. The third-order valence-electron chi connectivity index (χ3n) is 5.59. The molecular formula is C26H52BrNO2. The number of hydrogen-bond acceptors (Lipinski definition) is 2. The molecule has 2 N–H and O–H groups in total. The minimum atomic E-state index is -0.272. The fourth-order valence-electron chi connectivity index (χ4n) is 3.64. The lowest BCUT2D eigenvalue weighted by Gasteiger charge is -2.05. The van der Waals surface area contributed by atoms with Crippen molar-refractivity contribution < 1.29 is 31.8 Å². The molecule has 0 aliphatic rings. The molecule has 0 saturated carbocycles. The van der Waals surface area contributed by atoms with Crippen LogP contribution in [0.2, 0.25) is 0 Å². The number of halogens is 1. The first-order valence-corrected chi connectivity index (χ1v) is 12.7. The summed E-state index contributed by atoms with van der Waals surface area (Å²) in [4.78, 5) is 11.2. The molecule has 0 saturated heterocycles. The molecule has 0 amide bonds. The molecule has 4 heteroatoms. The summed E-state index contributed by atoms with van der Waals surface area (Å²) in [6.45, 7) is 12.4. The number of unbranched alkanes of at least 4 members (excludes halogenated alkanes) is 14. The zero-order valence-electron chi connectivity index (χ0n) is 20.5. The van der Waals surface area contributed by atoms with E-state index in [4.69, 9.17) is 4.74 Å². The first-order chi connectivity index (χ1) is 14.0. The molecule has 0 aromatic carbocycles. The number of nitrogens with two attached hydrogens (primary N) is 1. The molecule has 3 nitrogen and oxygen atoms in total. The number of quaternary nitrogens is 1. The van der Waals surface area contributed by atoms with Gasteiger partial charge >= 0.3 is 5.97 Å². The van der Waals surface area contributed by atoms with Gasteiger partial charge in [-0.3, -0.25) is 0 Å². The number of hydrogen-bond donors (Lipinski definition) is 1. The van der Waals surface area contributed by atoms with E-state index in [1.165, 1.54) is 103 Å². The van der Waals surface area contributed by atoms with E-state index < -0.39 is 0 Å². The van der Waals surface area contributed by atoms with Gasteiger partial charge in [0.25, 0.3) is 0 Å². The van der Waals surface area contributed by atoms with Gasteiger partial charge in [-0.1, -0.05) is 110 Å². The number of carbonyl (C=O) groups excluding carboxylic acids is 1. The number of ether oxygens (including phenoxy) is 1. The van der Waals surface area contributed by atoms with Gasteiger partial charge in [-0.05, 0) is 25.7 Å². The van der Waals surface area contributed by atoms with Gasteiger partial charge in [-0.15, -0.1) is 0 Å². The fourth-order valence-corrected chi connectivity index (χ4v) is 3.64. The third-order valence-corrected chi connectivity index (χ3v) is 5.59. The maximum absolute atomic E-state index is 11.2. The summed E-state index contributed by atoms with van der Waals surface area (Å²) >= 11 is 0. The Morgan fingerprint density at radius 3 is 1.53 bits per heavy atom. The Bertz CT molecular complexity index is 385. The van der Waals surface area contributed by atoms with E-state index in [1.54, 1.807) is 6.92 Å². The van der Waals surface area contributed by atoms with E-state index in [1.807, 2.05) is 0 Å². The van der Waals surface area contributed by atoms with E-state index in [0.717, 1.165) is 19.0 Å². The summed E-state index contributed by atoms with van der Waals surface area (Å²) in [5, 5.41) is 2.25. The average Bonchev–Trinajstić information content (AvgIpc) is 2.68. The van der Waals surface area contributed by atoms with Crippen molar-refractivity contribution >= 4 is 5.97 Å². The van der Waals surface area contributed by atoms with Crippen LogP contribution in [-0.4, -0.2) is 25.7 Å². The Kier molecular flexibility index (Phi) is 26.4. The molecule has 0 radical (unpaired) electrons. The first-order valence-electron chi connectivity index (χ1n) is 12.7. The lowest BCUT2D eigenvalue weighted by Crippen LogP contribution is -3.00. The SMILES string of the molecule is C=C(C)C(=O)OCC[NH2+]CCCCCCCCCCCCCCCCCC(C)C.[Br-]. The van der Waals surface area contributed by atoms with Gasteiger partial charge in [0.05, 0.1) is 6.54 Å². The molecule has 0 bridgehead atoms. The molecule has 0 fully saturated rings. The Labute approximate surface area is 199 Å². The van der Waals surface area contributed by atoms with Crippen LogP contribution in [0, 0.1) is 5.92 Å². The zero-order valence-corrected chi connectivity index (χ0v) is 22.1. The van der Waals surface area contributed by atoms with E-state index in [0.29, 0.717) is 12.2 Å². The van der Waals surface area contributed by atoms with E-state index in [-0.39, 0.29) is 23.0 Å². The van der Waals surface area contributed by atoms with Crippen LogP contribution in [0.25, 0.3) is 0 Å². The molecule has 0 aromatic rings. The maximum atomic E-state index is 11.2. The van der Waals surface area contributed by atoms with E-state index >= 15 is 0 Å². The van der Waals surface area contributed by atoms with Crippen molar-refractivity contribution in [3.63, 3.8) is 0 Å². The Morgan fingerprint density at radius 1 is 0.733 bits per heavy atom. The monoisotopic (exact) mass is 489 g/mol. The second kappa shape index (κ2) is 24.9. The minimum absolute atomic E-state index is 0. The van der Waals surface area contributed by atoms with Crippen LogP contribution < -0.4 is 22.3 Å². The highest BCUT2D eigenvalue weighted by molar-refractivity contribution is 5.86. The molecule has 0 rings (SSSR count). The molecule has 0 aliphatic carbocycles. The third kappa shape index (κ3) is 25.7. The number of carbonyl (C=O) groups is 1. The quantitative estimate of drug-likeness (QED) is 0.143. The Hall–Kier alpha value is -0.350. The van der Waals surface area contributed by atoms with Crippen LogP contribution in [0.1, 0.15) is 124 Å². The molecule has 0 spiro atoms. The second-order valence-electron chi connectivity index (χ2n) is 9.27. The molecule has 0 atom stereocenters. The van der Waals surface area contributed by atoms with Gasteiger partial charge in [0.15, 0.2) is 0 Å². The van der Waals surface area contributed by atoms with Crippen molar-refractivity contribution in [3.05, 3.63) is 12.2 Å². The Balaban J connectivity index is 0. The highest BCUT2D eigenvalue weighted by atomic mass is 79.9. The van der Waals surface area contributed by atoms with Crippen LogP contribution in [0.15, 0.2) is 12.2 Å². The standard InChI is InChI=1S/C26H51NO2.BrH/c1-24(2)20-18-16-14-12-10-8-6-5-7-9-11-13-15-17-19-21-27-22-23-29-26(28)25(3)4;/h24,27H,3,5-23H2,1-2,4H3;1H. The van der Waals surface area contributed by atoms with E-state index in [9.17, 15) is 4.79 Å². The van der Waals surface area contributed by atoms with Crippen molar-refractivity contribution in [1.82, 2.24) is 0 Å². The van der Waals surface area contributed by atoms with Gasteiger partial charge in [-0.2, -0.15) is 0 Å². The van der Waals surface area contributed by atoms with Crippen LogP contribution >= 0.6 is 0 Å². The first kappa shape index (κ1) is 31.8. The van der Waals surface area contributed by atoms with Crippen molar-refractivity contribution in [2.75, 3.05) is 19.7 Å². The van der Waals surface area contributed by atoms with Gasteiger partial charge in [0.2, 0.25) is 0 Å². The van der Waals surface area contributed by atoms with Crippen molar-refractivity contribution in [2.24, 2.45) is 5.92 Å². The molecular weight excluding hydrogens is 438 g/mol. The summed E-state index contributed by atoms with van der Waals surface area (Å²) in [5.74, 6) is 0.607.